The van der Waals surface area contributed by atoms with Crippen LogP contribution in [0.5, 0.6) is 0 Å². The Labute approximate surface area is 106 Å². The molecule has 1 aromatic heterocycles. The molecular formula is C12H10BrNO3. The van der Waals surface area contributed by atoms with Crippen molar-refractivity contribution in [3.05, 3.63) is 52.1 Å². The number of benzene rings is 1. The number of nitrogens with zero attached hydrogens (tertiary/aromatic N) is 1. The summed E-state index contributed by atoms with van der Waals surface area (Å²) in [5, 5.41) is 8.61. The van der Waals surface area contributed by atoms with Crippen molar-refractivity contribution in [1.82, 2.24) is 4.98 Å². The maximum Gasteiger partial charge on any atom is 0.309 e. The van der Waals surface area contributed by atoms with Gasteiger partial charge < -0.3 is 9.52 Å². The van der Waals surface area contributed by atoms with Crippen LogP contribution in [0.25, 0.3) is 0 Å². The van der Waals surface area contributed by atoms with Gasteiger partial charge in [-0.15, -0.1) is 0 Å². The van der Waals surface area contributed by atoms with Crippen LogP contribution in [0.1, 0.15) is 17.1 Å². The van der Waals surface area contributed by atoms with Gasteiger partial charge in [0, 0.05) is 10.9 Å². The first-order valence-electron chi connectivity index (χ1n) is 5.03. The van der Waals surface area contributed by atoms with E-state index in [2.05, 4.69) is 20.9 Å². The Kier molecular flexibility index (Phi) is 3.58. The van der Waals surface area contributed by atoms with Gasteiger partial charge in [-0.2, -0.15) is 0 Å². The molecule has 0 spiro atoms. The Morgan fingerprint density at radius 1 is 1.47 bits per heavy atom. The zero-order valence-electron chi connectivity index (χ0n) is 8.89. The molecule has 0 bridgehead atoms. The van der Waals surface area contributed by atoms with Crippen molar-refractivity contribution in [3.63, 3.8) is 0 Å². The number of aliphatic carboxylic acids is 1. The van der Waals surface area contributed by atoms with Crippen LogP contribution in [0.15, 0.2) is 39.4 Å². The van der Waals surface area contributed by atoms with E-state index < -0.39 is 5.97 Å². The highest BCUT2D eigenvalue weighted by Crippen LogP contribution is 2.15. The molecule has 0 saturated heterocycles. The van der Waals surface area contributed by atoms with E-state index in [-0.39, 0.29) is 6.42 Å². The first-order chi connectivity index (χ1) is 8.13. The second-order valence-corrected chi connectivity index (χ2v) is 4.53. The van der Waals surface area contributed by atoms with Gasteiger partial charge in [0.15, 0.2) is 5.89 Å². The number of hydrogen-bond acceptors (Lipinski definition) is 3. The Morgan fingerprint density at radius 3 is 3.00 bits per heavy atom. The van der Waals surface area contributed by atoms with Crippen molar-refractivity contribution >= 4 is 21.9 Å². The molecule has 0 aliphatic carbocycles. The van der Waals surface area contributed by atoms with Crippen LogP contribution in [0.4, 0.5) is 0 Å². The predicted molar refractivity (Wildman–Crippen MR) is 64.8 cm³/mol. The normalized spacial score (nSPS) is 10.4. The third-order valence-corrected chi connectivity index (χ3v) is 2.67. The van der Waals surface area contributed by atoms with Crippen molar-refractivity contribution in [3.8, 4) is 0 Å². The topological polar surface area (TPSA) is 63.3 Å². The van der Waals surface area contributed by atoms with Gasteiger partial charge in [0.2, 0.25) is 0 Å². The summed E-state index contributed by atoms with van der Waals surface area (Å²) >= 11 is 3.38. The van der Waals surface area contributed by atoms with Crippen LogP contribution in [0.3, 0.4) is 0 Å². The SMILES string of the molecule is O=C(O)Cc1coc(Cc2cccc(Br)c2)n1. The Morgan fingerprint density at radius 2 is 2.29 bits per heavy atom. The van der Waals surface area contributed by atoms with Crippen LogP contribution in [-0.2, 0) is 17.6 Å². The number of carboxylic acids is 1. The van der Waals surface area contributed by atoms with E-state index in [0.717, 1.165) is 10.0 Å². The van der Waals surface area contributed by atoms with E-state index in [1.54, 1.807) is 0 Å². The number of aromatic nitrogens is 1. The molecule has 4 nitrogen and oxygen atoms in total. The molecule has 1 aromatic carbocycles. The molecule has 1 N–H and O–H groups in total. The molecule has 0 fully saturated rings. The molecule has 17 heavy (non-hydrogen) atoms. The van der Waals surface area contributed by atoms with Gasteiger partial charge in [0.1, 0.15) is 6.26 Å². The van der Waals surface area contributed by atoms with E-state index in [1.807, 2.05) is 24.3 Å². The lowest BCUT2D eigenvalue weighted by molar-refractivity contribution is -0.136. The molecule has 0 saturated carbocycles. The van der Waals surface area contributed by atoms with E-state index in [9.17, 15) is 4.79 Å². The number of carboxylic acid groups (broad SMARTS) is 1. The van der Waals surface area contributed by atoms with Crippen molar-refractivity contribution in [1.29, 1.82) is 0 Å². The number of rotatable bonds is 4. The minimum absolute atomic E-state index is 0.109. The van der Waals surface area contributed by atoms with Crippen molar-refractivity contribution < 1.29 is 14.3 Å². The molecule has 2 rings (SSSR count). The fourth-order valence-corrected chi connectivity index (χ4v) is 1.93. The number of halogens is 1. The van der Waals surface area contributed by atoms with E-state index in [0.29, 0.717) is 18.0 Å². The summed E-state index contributed by atoms with van der Waals surface area (Å²) in [6.07, 6.45) is 1.84. The van der Waals surface area contributed by atoms with Crippen molar-refractivity contribution in [2.45, 2.75) is 12.8 Å². The van der Waals surface area contributed by atoms with Gasteiger partial charge in [-0.25, -0.2) is 4.98 Å². The third-order valence-electron chi connectivity index (χ3n) is 2.18. The maximum absolute atomic E-state index is 10.5. The van der Waals surface area contributed by atoms with Gasteiger partial charge in [0.25, 0.3) is 0 Å². The fourth-order valence-electron chi connectivity index (χ4n) is 1.49. The molecule has 0 radical (unpaired) electrons. The highest BCUT2D eigenvalue weighted by atomic mass is 79.9. The molecule has 0 unspecified atom stereocenters. The second kappa shape index (κ2) is 5.14. The summed E-state index contributed by atoms with van der Waals surface area (Å²) in [7, 11) is 0. The van der Waals surface area contributed by atoms with Gasteiger partial charge in [-0.05, 0) is 17.7 Å². The second-order valence-electron chi connectivity index (χ2n) is 3.61. The van der Waals surface area contributed by atoms with Crippen molar-refractivity contribution in [2.75, 3.05) is 0 Å². The van der Waals surface area contributed by atoms with Gasteiger partial charge >= 0.3 is 5.97 Å². The lowest BCUT2D eigenvalue weighted by Crippen LogP contribution is -2.00. The van der Waals surface area contributed by atoms with Crippen LogP contribution in [0, 0.1) is 0 Å². The summed E-state index contributed by atoms with van der Waals surface area (Å²) in [4.78, 5) is 14.6. The minimum Gasteiger partial charge on any atom is -0.481 e. The van der Waals surface area contributed by atoms with Crippen LogP contribution in [0.2, 0.25) is 0 Å². The van der Waals surface area contributed by atoms with Crippen LogP contribution in [-0.4, -0.2) is 16.1 Å². The summed E-state index contributed by atoms with van der Waals surface area (Å²) in [5.74, 6) is -0.383. The first kappa shape index (κ1) is 11.9. The molecule has 0 aliphatic rings. The third kappa shape index (κ3) is 3.42. The molecule has 0 amide bonds. The van der Waals surface area contributed by atoms with E-state index in [4.69, 9.17) is 9.52 Å². The molecule has 2 aromatic rings. The molecule has 88 valence electrons. The molecule has 0 atom stereocenters. The van der Waals surface area contributed by atoms with E-state index >= 15 is 0 Å². The van der Waals surface area contributed by atoms with Crippen molar-refractivity contribution in [2.24, 2.45) is 0 Å². The standard InChI is InChI=1S/C12H10BrNO3/c13-9-3-1-2-8(4-9)5-11-14-10(7-17-11)6-12(15)16/h1-4,7H,5-6H2,(H,15,16). The smallest absolute Gasteiger partial charge is 0.309 e. The highest BCUT2D eigenvalue weighted by Gasteiger charge is 2.08. The lowest BCUT2D eigenvalue weighted by atomic mass is 10.1. The quantitative estimate of drug-likeness (QED) is 0.942. The van der Waals surface area contributed by atoms with E-state index in [1.165, 1.54) is 6.26 Å². The number of oxazole rings is 1. The summed E-state index contributed by atoms with van der Waals surface area (Å²) in [6, 6.07) is 7.81. The predicted octanol–water partition coefficient (Wildman–Crippen LogP) is 2.66. The molecular weight excluding hydrogens is 286 g/mol. The van der Waals surface area contributed by atoms with Crippen LogP contribution >= 0.6 is 15.9 Å². The summed E-state index contributed by atoms with van der Waals surface area (Å²) in [6.45, 7) is 0. The molecule has 1 heterocycles. The van der Waals surface area contributed by atoms with Crippen LogP contribution < -0.4 is 0 Å². The first-order valence-corrected chi connectivity index (χ1v) is 5.82. The largest absolute Gasteiger partial charge is 0.481 e. The Balaban J connectivity index is 2.08. The van der Waals surface area contributed by atoms with Gasteiger partial charge in [-0.1, -0.05) is 28.1 Å². The zero-order valence-corrected chi connectivity index (χ0v) is 10.5. The zero-order chi connectivity index (χ0) is 12.3. The highest BCUT2D eigenvalue weighted by molar-refractivity contribution is 9.10. The lowest BCUT2D eigenvalue weighted by Gasteiger charge is -1.97. The number of hydrogen-bond donors (Lipinski definition) is 1. The average Bonchev–Trinajstić information content (AvgIpc) is 2.64. The minimum atomic E-state index is -0.910. The summed E-state index contributed by atoms with van der Waals surface area (Å²) < 4.78 is 6.21. The van der Waals surface area contributed by atoms with Gasteiger partial charge in [0.05, 0.1) is 12.1 Å². The maximum atomic E-state index is 10.5. The van der Waals surface area contributed by atoms with Gasteiger partial charge in [-0.3, -0.25) is 4.79 Å². The number of carbonyl (C=O) groups is 1. The molecule has 0 aliphatic heterocycles. The Bertz CT molecular complexity index is 536. The molecule has 5 heteroatoms. The average molecular weight is 296 g/mol. The summed E-state index contributed by atoms with van der Waals surface area (Å²) in [5.41, 5.74) is 1.51. The fraction of sp³-hybridized carbons (Fsp3) is 0.167. The Hall–Kier alpha value is -1.62. The monoisotopic (exact) mass is 295 g/mol.